The van der Waals surface area contributed by atoms with Crippen LogP contribution in [0.4, 0.5) is 0 Å². The minimum atomic E-state index is 0.138. The zero-order valence-corrected chi connectivity index (χ0v) is 12.8. The van der Waals surface area contributed by atoms with E-state index in [0.29, 0.717) is 11.2 Å². The molecule has 0 fully saturated rings. The van der Waals surface area contributed by atoms with Crippen molar-refractivity contribution in [2.45, 2.75) is 44.4 Å². The Morgan fingerprint density at radius 3 is 2.78 bits per heavy atom. The minimum absolute atomic E-state index is 0.138. The average Bonchev–Trinajstić information content (AvgIpc) is 2.36. The van der Waals surface area contributed by atoms with Crippen LogP contribution in [0, 0.1) is 6.92 Å². The fourth-order valence-electron chi connectivity index (χ4n) is 1.87. The molecule has 1 amide bonds. The molecule has 0 saturated carbocycles. The van der Waals surface area contributed by atoms with Gasteiger partial charge >= 0.3 is 0 Å². The van der Waals surface area contributed by atoms with Crippen LogP contribution in [0.15, 0.2) is 24.3 Å². The van der Waals surface area contributed by atoms with Crippen LogP contribution in [0.1, 0.15) is 37.3 Å². The van der Waals surface area contributed by atoms with Crippen molar-refractivity contribution >= 4 is 21.8 Å². The van der Waals surface area contributed by atoms with E-state index in [1.807, 2.05) is 12.1 Å². The van der Waals surface area contributed by atoms with Crippen molar-refractivity contribution in [3.05, 3.63) is 35.4 Å². The van der Waals surface area contributed by atoms with Crippen LogP contribution < -0.4 is 5.32 Å². The van der Waals surface area contributed by atoms with Crippen molar-refractivity contribution in [2.24, 2.45) is 0 Å². The molecule has 0 aromatic heterocycles. The molecule has 0 saturated heterocycles. The number of halogens is 1. The van der Waals surface area contributed by atoms with Crippen molar-refractivity contribution in [1.82, 2.24) is 5.32 Å². The number of rotatable bonds is 7. The third-order valence-electron chi connectivity index (χ3n) is 3.01. The Bertz CT molecular complexity index is 379. The van der Waals surface area contributed by atoms with Crippen LogP contribution in [0.25, 0.3) is 0 Å². The van der Waals surface area contributed by atoms with E-state index < -0.39 is 0 Å². The lowest BCUT2D eigenvalue weighted by Crippen LogP contribution is -2.29. The summed E-state index contributed by atoms with van der Waals surface area (Å²) >= 11 is 3.56. The lowest BCUT2D eigenvalue weighted by atomic mass is 10.0. The molecule has 100 valence electrons. The Balaban J connectivity index is 2.27. The first-order valence-electron chi connectivity index (χ1n) is 6.58. The van der Waals surface area contributed by atoms with E-state index in [-0.39, 0.29) is 5.91 Å². The van der Waals surface area contributed by atoms with Gasteiger partial charge in [-0.05, 0) is 30.9 Å². The maximum Gasteiger partial charge on any atom is 0.220 e. The molecule has 2 nitrogen and oxygen atoms in total. The third-order valence-corrected chi connectivity index (χ3v) is 3.79. The molecule has 0 spiro atoms. The highest BCUT2D eigenvalue weighted by atomic mass is 79.9. The van der Waals surface area contributed by atoms with Crippen molar-refractivity contribution in [1.29, 1.82) is 0 Å². The Morgan fingerprint density at radius 1 is 1.39 bits per heavy atom. The monoisotopic (exact) mass is 311 g/mol. The van der Waals surface area contributed by atoms with Gasteiger partial charge < -0.3 is 5.32 Å². The molecule has 3 heteroatoms. The summed E-state index contributed by atoms with van der Waals surface area (Å²) in [6.45, 7) is 4.96. The standard InChI is InChI=1S/C15H22BrNO/c1-3-6-14(16)11-17-15(18)10-9-13-8-5-4-7-12(13)2/h4-5,7-8,14H,3,6,9-11H2,1-2H3,(H,17,18). The molecule has 0 aliphatic rings. The number of aryl methyl sites for hydroxylation is 2. The number of alkyl halides is 1. The highest BCUT2D eigenvalue weighted by Gasteiger charge is 2.07. The quantitative estimate of drug-likeness (QED) is 0.766. The Hall–Kier alpha value is -0.830. The molecule has 0 heterocycles. The van der Waals surface area contributed by atoms with Gasteiger partial charge in [0.15, 0.2) is 0 Å². The molecule has 0 aliphatic heterocycles. The first-order valence-corrected chi connectivity index (χ1v) is 7.50. The number of carbonyl (C=O) groups excluding carboxylic acids is 1. The van der Waals surface area contributed by atoms with Crippen LogP contribution in [0.5, 0.6) is 0 Å². The van der Waals surface area contributed by atoms with Crippen molar-refractivity contribution in [3.63, 3.8) is 0 Å². The van der Waals surface area contributed by atoms with Crippen LogP contribution in [0.3, 0.4) is 0 Å². The summed E-state index contributed by atoms with van der Waals surface area (Å²) in [4.78, 5) is 12.1. The normalized spacial score (nSPS) is 12.2. The maximum absolute atomic E-state index is 11.7. The first-order chi connectivity index (χ1) is 8.63. The zero-order chi connectivity index (χ0) is 13.4. The predicted molar refractivity (Wildman–Crippen MR) is 80.1 cm³/mol. The topological polar surface area (TPSA) is 29.1 Å². The Morgan fingerprint density at radius 2 is 2.11 bits per heavy atom. The Labute approximate surface area is 118 Å². The molecule has 1 aromatic rings. The largest absolute Gasteiger partial charge is 0.355 e. The second kappa shape index (κ2) is 8.30. The van der Waals surface area contributed by atoms with Gasteiger partial charge in [-0.3, -0.25) is 4.79 Å². The van der Waals surface area contributed by atoms with Crippen LogP contribution in [0.2, 0.25) is 0 Å². The molecular formula is C15H22BrNO. The van der Waals surface area contributed by atoms with Gasteiger partial charge in [0, 0.05) is 17.8 Å². The van der Waals surface area contributed by atoms with Gasteiger partial charge in [-0.25, -0.2) is 0 Å². The molecule has 1 aromatic carbocycles. The number of carbonyl (C=O) groups is 1. The van der Waals surface area contributed by atoms with Crippen LogP contribution >= 0.6 is 15.9 Å². The lowest BCUT2D eigenvalue weighted by molar-refractivity contribution is -0.121. The van der Waals surface area contributed by atoms with Gasteiger partial charge in [-0.1, -0.05) is 53.5 Å². The molecule has 1 atom stereocenters. The Kier molecular flexibility index (Phi) is 7.02. The SMILES string of the molecule is CCCC(Br)CNC(=O)CCc1ccccc1C. The smallest absolute Gasteiger partial charge is 0.220 e. The number of benzene rings is 1. The summed E-state index contributed by atoms with van der Waals surface area (Å²) in [5.74, 6) is 0.138. The summed E-state index contributed by atoms with van der Waals surface area (Å²) in [5.41, 5.74) is 2.52. The van der Waals surface area contributed by atoms with E-state index >= 15 is 0 Å². The fraction of sp³-hybridized carbons (Fsp3) is 0.533. The van der Waals surface area contributed by atoms with Gasteiger partial charge in [0.25, 0.3) is 0 Å². The second-order valence-electron chi connectivity index (χ2n) is 4.62. The predicted octanol–water partition coefficient (Wildman–Crippen LogP) is 3.61. The van der Waals surface area contributed by atoms with Gasteiger partial charge in [-0.2, -0.15) is 0 Å². The highest BCUT2D eigenvalue weighted by Crippen LogP contribution is 2.10. The fourth-order valence-corrected chi connectivity index (χ4v) is 2.49. The maximum atomic E-state index is 11.7. The molecule has 1 N–H and O–H groups in total. The van der Waals surface area contributed by atoms with E-state index in [1.54, 1.807) is 0 Å². The van der Waals surface area contributed by atoms with Crippen molar-refractivity contribution in [2.75, 3.05) is 6.54 Å². The number of amides is 1. The molecule has 1 unspecified atom stereocenters. The average molecular weight is 312 g/mol. The van der Waals surface area contributed by atoms with Gasteiger partial charge in [0.2, 0.25) is 5.91 Å². The third kappa shape index (κ3) is 5.67. The van der Waals surface area contributed by atoms with Crippen molar-refractivity contribution in [3.8, 4) is 0 Å². The highest BCUT2D eigenvalue weighted by molar-refractivity contribution is 9.09. The van der Waals surface area contributed by atoms with Gasteiger partial charge in [-0.15, -0.1) is 0 Å². The van der Waals surface area contributed by atoms with E-state index in [0.717, 1.165) is 25.8 Å². The number of hydrogen-bond donors (Lipinski definition) is 1. The molecule has 0 bridgehead atoms. The molecule has 0 radical (unpaired) electrons. The van der Waals surface area contributed by atoms with E-state index in [1.165, 1.54) is 11.1 Å². The summed E-state index contributed by atoms with van der Waals surface area (Å²) in [7, 11) is 0. The van der Waals surface area contributed by atoms with Crippen LogP contribution in [-0.4, -0.2) is 17.3 Å². The van der Waals surface area contributed by atoms with Crippen LogP contribution in [-0.2, 0) is 11.2 Å². The molecule has 1 rings (SSSR count). The van der Waals surface area contributed by atoms with Gasteiger partial charge in [0.05, 0.1) is 0 Å². The van der Waals surface area contributed by atoms with Gasteiger partial charge in [0.1, 0.15) is 0 Å². The second-order valence-corrected chi connectivity index (χ2v) is 5.91. The van der Waals surface area contributed by atoms with E-state index in [2.05, 4.69) is 47.2 Å². The molecular weight excluding hydrogens is 290 g/mol. The number of nitrogens with one attached hydrogen (secondary N) is 1. The minimum Gasteiger partial charge on any atom is -0.355 e. The molecule has 18 heavy (non-hydrogen) atoms. The van der Waals surface area contributed by atoms with E-state index in [4.69, 9.17) is 0 Å². The molecule has 0 aliphatic carbocycles. The summed E-state index contributed by atoms with van der Waals surface area (Å²) in [5, 5.41) is 2.97. The van der Waals surface area contributed by atoms with E-state index in [9.17, 15) is 4.79 Å². The summed E-state index contributed by atoms with van der Waals surface area (Å²) in [6.07, 6.45) is 3.61. The lowest BCUT2D eigenvalue weighted by Gasteiger charge is -2.10. The van der Waals surface area contributed by atoms with Crippen molar-refractivity contribution < 1.29 is 4.79 Å². The first kappa shape index (κ1) is 15.2. The summed E-state index contributed by atoms with van der Waals surface area (Å²) < 4.78 is 0. The summed E-state index contributed by atoms with van der Waals surface area (Å²) in [6, 6.07) is 8.23. The number of hydrogen-bond acceptors (Lipinski definition) is 1. The zero-order valence-electron chi connectivity index (χ0n) is 11.2.